The lowest BCUT2D eigenvalue weighted by atomic mass is 10.0. The molecule has 2 rings (SSSR count). The molecule has 3 atom stereocenters. The quantitative estimate of drug-likeness (QED) is 0.859. The zero-order chi connectivity index (χ0) is 12.3. The summed E-state index contributed by atoms with van der Waals surface area (Å²) >= 11 is 1.79. The Morgan fingerprint density at radius 2 is 2.29 bits per heavy atom. The van der Waals surface area contributed by atoms with Crippen molar-refractivity contribution in [2.45, 2.75) is 18.2 Å². The molecule has 0 bridgehead atoms. The van der Waals surface area contributed by atoms with Gasteiger partial charge in [-0.15, -0.1) is 0 Å². The molecule has 1 aromatic carbocycles. The maximum Gasteiger partial charge on any atom is 0.124 e. The first-order valence-corrected chi connectivity index (χ1v) is 6.97. The highest BCUT2D eigenvalue weighted by Crippen LogP contribution is 2.36. The summed E-state index contributed by atoms with van der Waals surface area (Å²) in [5, 5.41) is 9.29. The van der Waals surface area contributed by atoms with Crippen molar-refractivity contribution in [1.82, 2.24) is 0 Å². The van der Waals surface area contributed by atoms with Gasteiger partial charge in [-0.2, -0.15) is 11.8 Å². The van der Waals surface area contributed by atoms with Crippen molar-refractivity contribution in [2.24, 2.45) is 11.7 Å². The Labute approximate surface area is 106 Å². The van der Waals surface area contributed by atoms with Gasteiger partial charge in [-0.3, -0.25) is 0 Å². The maximum absolute atomic E-state index is 9.01. The molecule has 0 aliphatic carbocycles. The summed E-state index contributed by atoms with van der Waals surface area (Å²) < 4.78 is 5.71. The van der Waals surface area contributed by atoms with Crippen LogP contribution in [0.15, 0.2) is 24.3 Å². The lowest BCUT2D eigenvalue weighted by Gasteiger charge is -2.31. The average molecular weight is 253 g/mol. The van der Waals surface area contributed by atoms with E-state index in [9.17, 15) is 0 Å². The Hall–Kier alpha value is -0.710. The molecule has 1 aromatic rings. The van der Waals surface area contributed by atoms with Crippen LogP contribution in [0.1, 0.15) is 18.5 Å². The molecule has 1 aliphatic rings. The van der Waals surface area contributed by atoms with Gasteiger partial charge < -0.3 is 15.6 Å². The second-order valence-electron chi connectivity index (χ2n) is 4.53. The zero-order valence-electron chi connectivity index (χ0n) is 10.0. The van der Waals surface area contributed by atoms with Crippen molar-refractivity contribution in [1.29, 1.82) is 0 Å². The van der Waals surface area contributed by atoms with Crippen LogP contribution in [0.2, 0.25) is 0 Å². The van der Waals surface area contributed by atoms with Gasteiger partial charge in [-0.25, -0.2) is 0 Å². The van der Waals surface area contributed by atoms with Gasteiger partial charge in [-0.1, -0.05) is 25.1 Å². The third-order valence-electron chi connectivity index (χ3n) is 2.99. The number of aliphatic hydroxyl groups is 1. The number of nitrogens with two attached hydrogens (primary N) is 1. The highest BCUT2D eigenvalue weighted by molar-refractivity contribution is 8.00. The topological polar surface area (TPSA) is 55.5 Å². The minimum absolute atomic E-state index is 0.0239. The molecule has 0 saturated carbocycles. The number of ether oxygens (including phenoxy) is 1. The van der Waals surface area contributed by atoms with E-state index >= 15 is 0 Å². The third kappa shape index (κ3) is 2.94. The summed E-state index contributed by atoms with van der Waals surface area (Å²) in [6, 6.07) is 7.98. The Balaban J connectivity index is 1.99. The minimum atomic E-state index is 0.0239. The fraction of sp³-hybridized carbons (Fsp3) is 0.538. The molecule has 94 valence electrons. The van der Waals surface area contributed by atoms with Crippen LogP contribution in [0.3, 0.4) is 0 Å². The van der Waals surface area contributed by atoms with Gasteiger partial charge in [0.25, 0.3) is 0 Å². The van der Waals surface area contributed by atoms with Gasteiger partial charge >= 0.3 is 0 Å². The number of aliphatic hydroxyl groups excluding tert-OH is 1. The summed E-state index contributed by atoms with van der Waals surface area (Å²) in [5.41, 5.74) is 7.35. The summed E-state index contributed by atoms with van der Waals surface area (Å²) in [6.45, 7) is 2.92. The largest absolute Gasteiger partial charge is 0.492 e. The van der Waals surface area contributed by atoms with E-state index in [0.29, 0.717) is 12.5 Å². The zero-order valence-corrected chi connectivity index (χ0v) is 10.8. The predicted octanol–water partition coefficient (Wildman–Crippen LogP) is 1.81. The molecule has 0 saturated heterocycles. The monoisotopic (exact) mass is 253 g/mol. The SMILES string of the molecule is CC(CO)CSC1COc2ccccc2C1N. The third-order valence-corrected chi connectivity index (χ3v) is 4.61. The fourth-order valence-corrected chi connectivity index (χ4v) is 3.05. The Morgan fingerprint density at radius 1 is 1.53 bits per heavy atom. The van der Waals surface area contributed by atoms with Gasteiger partial charge in [0.1, 0.15) is 12.4 Å². The number of hydrogen-bond donors (Lipinski definition) is 2. The summed E-state index contributed by atoms with van der Waals surface area (Å²) in [7, 11) is 0. The first-order valence-electron chi connectivity index (χ1n) is 5.92. The van der Waals surface area contributed by atoms with Gasteiger partial charge in [0, 0.05) is 18.2 Å². The molecule has 0 fully saturated rings. The van der Waals surface area contributed by atoms with Gasteiger partial charge in [0.2, 0.25) is 0 Å². The van der Waals surface area contributed by atoms with Crippen molar-refractivity contribution in [2.75, 3.05) is 19.0 Å². The van der Waals surface area contributed by atoms with E-state index in [0.717, 1.165) is 17.1 Å². The molecule has 0 radical (unpaired) electrons. The Morgan fingerprint density at radius 3 is 3.06 bits per heavy atom. The maximum atomic E-state index is 9.01. The molecule has 3 nitrogen and oxygen atoms in total. The Kier molecular flexibility index (Phi) is 4.31. The average Bonchev–Trinajstić information content (AvgIpc) is 2.38. The lowest BCUT2D eigenvalue weighted by Crippen LogP contribution is -2.34. The number of fused-ring (bicyclic) bond motifs is 1. The van der Waals surface area contributed by atoms with Gasteiger partial charge in [0.05, 0.1) is 5.25 Å². The molecular weight excluding hydrogens is 234 g/mol. The van der Waals surface area contributed by atoms with Crippen LogP contribution in [-0.2, 0) is 0 Å². The number of benzene rings is 1. The predicted molar refractivity (Wildman–Crippen MR) is 71.4 cm³/mol. The number of hydrogen-bond acceptors (Lipinski definition) is 4. The molecule has 1 aliphatic heterocycles. The van der Waals surface area contributed by atoms with Crippen LogP contribution in [0, 0.1) is 5.92 Å². The van der Waals surface area contributed by atoms with Crippen molar-refractivity contribution < 1.29 is 9.84 Å². The summed E-state index contributed by atoms with van der Waals surface area (Å²) in [5.74, 6) is 2.14. The van der Waals surface area contributed by atoms with E-state index in [1.807, 2.05) is 31.2 Å². The number of para-hydroxylation sites is 1. The molecular formula is C13H19NO2S. The fourth-order valence-electron chi connectivity index (χ4n) is 1.86. The van der Waals surface area contributed by atoms with Crippen molar-refractivity contribution in [3.05, 3.63) is 29.8 Å². The van der Waals surface area contributed by atoms with Crippen LogP contribution in [-0.4, -0.2) is 29.3 Å². The van der Waals surface area contributed by atoms with E-state index in [-0.39, 0.29) is 17.9 Å². The van der Waals surface area contributed by atoms with Gasteiger partial charge in [-0.05, 0) is 17.7 Å². The van der Waals surface area contributed by atoms with Gasteiger partial charge in [0.15, 0.2) is 0 Å². The van der Waals surface area contributed by atoms with E-state index in [1.165, 1.54) is 0 Å². The summed E-state index contributed by atoms with van der Waals surface area (Å²) in [6.07, 6.45) is 0. The molecule has 17 heavy (non-hydrogen) atoms. The van der Waals surface area contributed by atoms with E-state index in [1.54, 1.807) is 11.8 Å². The smallest absolute Gasteiger partial charge is 0.124 e. The molecule has 3 unspecified atom stereocenters. The minimum Gasteiger partial charge on any atom is -0.492 e. The first-order chi connectivity index (χ1) is 8.22. The standard InChI is InChI=1S/C13H19NO2S/c1-9(6-15)8-17-12-7-16-11-5-3-2-4-10(11)13(12)14/h2-5,9,12-13,15H,6-8,14H2,1H3. The van der Waals surface area contributed by atoms with E-state index in [4.69, 9.17) is 15.6 Å². The van der Waals surface area contributed by atoms with Crippen LogP contribution in [0.5, 0.6) is 5.75 Å². The molecule has 3 N–H and O–H groups in total. The lowest BCUT2D eigenvalue weighted by molar-refractivity contribution is 0.249. The van der Waals surface area contributed by atoms with Crippen molar-refractivity contribution in [3.8, 4) is 5.75 Å². The highest BCUT2D eigenvalue weighted by atomic mass is 32.2. The first kappa shape index (κ1) is 12.7. The van der Waals surface area contributed by atoms with E-state index in [2.05, 4.69) is 0 Å². The van der Waals surface area contributed by atoms with Crippen LogP contribution in [0.4, 0.5) is 0 Å². The van der Waals surface area contributed by atoms with Crippen molar-refractivity contribution in [3.63, 3.8) is 0 Å². The molecule has 1 heterocycles. The van der Waals surface area contributed by atoms with Crippen LogP contribution in [0.25, 0.3) is 0 Å². The number of rotatable bonds is 4. The summed E-state index contributed by atoms with van der Waals surface area (Å²) in [4.78, 5) is 0. The second-order valence-corrected chi connectivity index (χ2v) is 5.81. The molecule has 0 aromatic heterocycles. The highest BCUT2D eigenvalue weighted by Gasteiger charge is 2.28. The molecule has 0 spiro atoms. The second kappa shape index (κ2) is 5.76. The molecule has 4 heteroatoms. The van der Waals surface area contributed by atoms with Crippen molar-refractivity contribution >= 4 is 11.8 Å². The van der Waals surface area contributed by atoms with Crippen LogP contribution < -0.4 is 10.5 Å². The van der Waals surface area contributed by atoms with Crippen LogP contribution >= 0.6 is 11.8 Å². The molecule has 0 amide bonds. The normalized spacial score (nSPS) is 24.9. The Bertz CT molecular complexity index is 372. The number of thioether (sulfide) groups is 1. The van der Waals surface area contributed by atoms with E-state index < -0.39 is 0 Å².